The quantitative estimate of drug-likeness (QED) is 0.134. The van der Waals surface area contributed by atoms with Crippen LogP contribution in [0.2, 0.25) is 0 Å². The maximum absolute atomic E-state index is 13.2. The van der Waals surface area contributed by atoms with E-state index < -0.39 is 15.8 Å². The highest BCUT2D eigenvalue weighted by Crippen LogP contribution is 2.36. The fourth-order valence-corrected chi connectivity index (χ4v) is 10.7. The van der Waals surface area contributed by atoms with Crippen LogP contribution >= 0.6 is 15.8 Å². The van der Waals surface area contributed by atoms with Crippen LogP contribution in [0.5, 0.6) is 0 Å². The minimum atomic E-state index is -0.612. The van der Waals surface area contributed by atoms with Gasteiger partial charge in [-0.3, -0.25) is 9.59 Å². The standard InChI is InChI=1S/C39H48N2O2P2/c1-30(2)36(28-44(32-18-9-5-10-19-32)33-20-11-6-12-21-33)40-38(42)26-17-27-39(43)41-37(31(3)4)29-45(34-22-13-7-14-23-34)35-24-15-8-16-25-35/h5-16,18-25,30-31,36-37H,17,26-29H2,1-4H3,(H,40,42)(H,41,43)/t36-,37-/m1/s1. The van der Waals surface area contributed by atoms with Crippen molar-refractivity contribution in [2.45, 2.75) is 59.0 Å². The predicted molar refractivity (Wildman–Crippen MR) is 195 cm³/mol. The first-order valence-electron chi connectivity index (χ1n) is 16.2. The van der Waals surface area contributed by atoms with Gasteiger partial charge in [-0.15, -0.1) is 0 Å². The first kappa shape index (κ1) is 34.6. The van der Waals surface area contributed by atoms with Crippen molar-refractivity contribution >= 4 is 48.9 Å². The summed E-state index contributed by atoms with van der Waals surface area (Å²) < 4.78 is 0. The first-order chi connectivity index (χ1) is 21.8. The van der Waals surface area contributed by atoms with Crippen molar-refractivity contribution in [3.05, 3.63) is 121 Å². The van der Waals surface area contributed by atoms with E-state index in [1.807, 2.05) is 0 Å². The number of carbonyl (C=O) groups is 2. The van der Waals surface area contributed by atoms with Gasteiger partial charge in [-0.2, -0.15) is 0 Å². The second kappa shape index (κ2) is 18.0. The van der Waals surface area contributed by atoms with Crippen LogP contribution in [0.3, 0.4) is 0 Å². The molecule has 45 heavy (non-hydrogen) atoms. The molecule has 4 rings (SSSR count). The van der Waals surface area contributed by atoms with Crippen LogP contribution < -0.4 is 31.9 Å². The lowest BCUT2D eigenvalue weighted by Crippen LogP contribution is -2.43. The molecule has 2 amide bonds. The molecule has 0 saturated heterocycles. The summed E-state index contributed by atoms with van der Waals surface area (Å²) in [4.78, 5) is 26.3. The first-order valence-corrected chi connectivity index (χ1v) is 19.2. The highest BCUT2D eigenvalue weighted by molar-refractivity contribution is 7.73. The maximum Gasteiger partial charge on any atom is 0.220 e. The Morgan fingerprint density at radius 3 is 1.00 bits per heavy atom. The normalized spacial score (nSPS) is 12.8. The average Bonchev–Trinajstić information content (AvgIpc) is 3.06. The van der Waals surface area contributed by atoms with Crippen LogP contribution in [0.4, 0.5) is 0 Å². The van der Waals surface area contributed by atoms with Gasteiger partial charge in [0, 0.05) is 24.9 Å². The zero-order chi connectivity index (χ0) is 32.0. The molecule has 0 unspecified atom stereocenters. The Labute approximate surface area is 272 Å². The number of hydrogen-bond acceptors (Lipinski definition) is 2. The van der Waals surface area contributed by atoms with E-state index in [0.29, 0.717) is 31.1 Å². The maximum atomic E-state index is 13.2. The third-order valence-corrected chi connectivity index (χ3v) is 13.3. The third kappa shape index (κ3) is 10.9. The predicted octanol–water partition coefficient (Wildman–Crippen LogP) is 6.70. The van der Waals surface area contributed by atoms with Crippen molar-refractivity contribution in [3.63, 3.8) is 0 Å². The van der Waals surface area contributed by atoms with Gasteiger partial charge in [0.05, 0.1) is 0 Å². The lowest BCUT2D eigenvalue weighted by Gasteiger charge is -2.29. The zero-order valence-electron chi connectivity index (χ0n) is 27.1. The molecule has 0 fully saturated rings. The lowest BCUT2D eigenvalue weighted by atomic mass is 10.1. The van der Waals surface area contributed by atoms with Crippen LogP contribution in [0, 0.1) is 11.8 Å². The van der Waals surface area contributed by atoms with Crippen LogP contribution in [-0.4, -0.2) is 36.2 Å². The lowest BCUT2D eigenvalue weighted by molar-refractivity contribution is -0.123. The summed E-state index contributed by atoms with van der Waals surface area (Å²) in [6.07, 6.45) is 2.99. The van der Waals surface area contributed by atoms with E-state index in [1.54, 1.807) is 0 Å². The van der Waals surface area contributed by atoms with Gasteiger partial charge in [0.1, 0.15) is 0 Å². The monoisotopic (exact) mass is 638 g/mol. The molecule has 0 bridgehead atoms. The molecule has 236 valence electrons. The second-order valence-corrected chi connectivity index (χ2v) is 16.8. The molecule has 0 aliphatic carbocycles. The molecule has 0 aromatic heterocycles. The molecule has 4 aromatic carbocycles. The minimum absolute atomic E-state index is 0.0228. The SMILES string of the molecule is CC(C)[C@@H](CP(c1ccccc1)c1ccccc1)NC(=O)CCCC(=O)N[C@H](CP(c1ccccc1)c1ccccc1)C(C)C. The Morgan fingerprint density at radius 1 is 0.489 bits per heavy atom. The summed E-state index contributed by atoms with van der Waals surface area (Å²) in [5, 5.41) is 11.9. The van der Waals surface area contributed by atoms with Gasteiger partial charge >= 0.3 is 0 Å². The van der Waals surface area contributed by atoms with E-state index in [-0.39, 0.29) is 23.9 Å². The van der Waals surface area contributed by atoms with Gasteiger partial charge in [0.15, 0.2) is 0 Å². The largest absolute Gasteiger partial charge is 0.353 e. The van der Waals surface area contributed by atoms with E-state index in [4.69, 9.17) is 0 Å². The molecule has 0 heterocycles. The fourth-order valence-electron chi connectivity index (χ4n) is 5.36. The molecular formula is C39H48N2O2P2. The molecule has 4 nitrogen and oxygen atoms in total. The smallest absolute Gasteiger partial charge is 0.220 e. The van der Waals surface area contributed by atoms with E-state index in [1.165, 1.54) is 21.2 Å². The molecule has 4 aromatic rings. The molecule has 2 N–H and O–H groups in total. The number of benzene rings is 4. The summed E-state index contributed by atoms with van der Waals surface area (Å²) in [5.41, 5.74) is 0. The number of amides is 2. The van der Waals surface area contributed by atoms with E-state index in [2.05, 4.69) is 160 Å². The number of hydrogen-bond donors (Lipinski definition) is 2. The van der Waals surface area contributed by atoms with E-state index in [0.717, 1.165) is 12.3 Å². The number of nitrogens with one attached hydrogen (secondary N) is 2. The van der Waals surface area contributed by atoms with E-state index in [9.17, 15) is 9.59 Å². The number of rotatable bonds is 16. The molecule has 0 aliphatic heterocycles. The summed E-state index contributed by atoms with van der Waals surface area (Å²) in [6, 6.07) is 42.6. The summed E-state index contributed by atoms with van der Waals surface area (Å²) in [7, 11) is -1.22. The van der Waals surface area contributed by atoms with Gasteiger partial charge in [-0.05, 0) is 67.6 Å². The van der Waals surface area contributed by atoms with Crippen molar-refractivity contribution in [2.75, 3.05) is 12.3 Å². The van der Waals surface area contributed by atoms with Gasteiger partial charge in [0.25, 0.3) is 0 Å². The second-order valence-electron chi connectivity index (χ2n) is 12.3. The zero-order valence-corrected chi connectivity index (χ0v) is 28.9. The average molecular weight is 639 g/mol. The highest BCUT2D eigenvalue weighted by atomic mass is 31.1. The van der Waals surface area contributed by atoms with Crippen LogP contribution in [-0.2, 0) is 9.59 Å². The summed E-state index contributed by atoms with van der Waals surface area (Å²) in [5.74, 6) is 0.639. The minimum Gasteiger partial charge on any atom is -0.353 e. The van der Waals surface area contributed by atoms with Crippen LogP contribution in [0.1, 0.15) is 47.0 Å². The van der Waals surface area contributed by atoms with Gasteiger partial charge in [-0.1, -0.05) is 149 Å². The fraction of sp³-hybridized carbons (Fsp3) is 0.333. The molecule has 6 heteroatoms. The van der Waals surface area contributed by atoms with Gasteiger partial charge in [-0.25, -0.2) is 0 Å². The summed E-state index contributed by atoms with van der Waals surface area (Å²) in [6.45, 7) is 8.70. The molecular weight excluding hydrogens is 590 g/mol. The van der Waals surface area contributed by atoms with Crippen LogP contribution in [0.15, 0.2) is 121 Å². The Bertz CT molecular complexity index is 1240. The van der Waals surface area contributed by atoms with Crippen molar-refractivity contribution in [1.29, 1.82) is 0 Å². The Morgan fingerprint density at radius 2 is 0.756 bits per heavy atom. The molecule has 0 radical (unpaired) electrons. The van der Waals surface area contributed by atoms with Crippen LogP contribution in [0.25, 0.3) is 0 Å². The Hall–Kier alpha value is -3.32. The topological polar surface area (TPSA) is 58.2 Å². The third-order valence-electron chi connectivity index (χ3n) is 8.14. The van der Waals surface area contributed by atoms with Crippen molar-refractivity contribution in [1.82, 2.24) is 10.6 Å². The van der Waals surface area contributed by atoms with Crippen molar-refractivity contribution < 1.29 is 9.59 Å². The Balaban J connectivity index is 1.32. The molecule has 2 atom stereocenters. The van der Waals surface area contributed by atoms with Crippen molar-refractivity contribution in [3.8, 4) is 0 Å². The highest BCUT2D eigenvalue weighted by Gasteiger charge is 2.25. The molecule has 0 saturated carbocycles. The molecule has 0 spiro atoms. The summed E-state index contributed by atoms with van der Waals surface area (Å²) >= 11 is 0. The van der Waals surface area contributed by atoms with E-state index >= 15 is 0 Å². The van der Waals surface area contributed by atoms with Gasteiger partial charge < -0.3 is 10.6 Å². The molecule has 0 aliphatic rings. The van der Waals surface area contributed by atoms with Gasteiger partial charge in [0.2, 0.25) is 11.8 Å². The van der Waals surface area contributed by atoms with Crippen molar-refractivity contribution in [2.24, 2.45) is 11.8 Å². The Kier molecular flexibility index (Phi) is 13.8. The number of carbonyl (C=O) groups excluding carboxylic acids is 2.